The monoisotopic (exact) mass is 357 g/mol. The van der Waals surface area contributed by atoms with E-state index < -0.39 is 16.1 Å². The van der Waals surface area contributed by atoms with Crippen LogP contribution in [0.1, 0.15) is 26.2 Å². The smallest absolute Gasteiger partial charge is 0.244 e. The number of nitrogens with one attached hydrogen (secondary N) is 2. The molecule has 0 saturated carbocycles. The third kappa shape index (κ3) is 4.78. The molecule has 1 saturated heterocycles. The van der Waals surface area contributed by atoms with Crippen molar-refractivity contribution in [3.8, 4) is 0 Å². The molecule has 2 heterocycles. The van der Waals surface area contributed by atoms with Gasteiger partial charge in [-0.3, -0.25) is 9.48 Å². The van der Waals surface area contributed by atoms with Crippen molar-refractivity contribution >= 4 is 15.9 Å². The molecular formula is C15H27N5O3S. The molecule has 2 rings (SSSR count). The number of amides is 1. The van der Waals surface area contributed by atoms with Crippen LogP contribution in [0.15, 0.2) is 17.3 Å². The first-order chi connectivity index (χ1) is 11.3. The Kier molecular flexibility index (Phi) is 6.36. The molecule has 1 amide bonds. The number of hydrogen-bond acceptors (Lipinski definition) is 5. The summed E-state index contributed by atoms with van der Waals surface area (Å²) in [6, 6.07) is -0.788. The number of nitrogens with zero attached hydrogens (tertiary/aromatic N) is 3. The average molecular weight is 357 g/mol. The van der Waals surface area contributed by atoms with E-state index in [1.54, 1.807) is 18.9 Å². The van der Waals surface area contributed by atoms with Crippen LogP contribution in [0.3, 0.4) is 0 Å². The van der Waals surface area contributed by atoms with E-state index in [2.05, 4.69) is 15.1 Å². The Morgan fingerprint density at radius 2 is 2.08 bits per heavy atom. The maximum absolute atomic E-state index is 12.5. The van der Waals surface area contributed by atoms with Crippen molar-refractivity contribution in [1.82, 2.24) is 24.7 Å². The van der Waals surface area contributed by atoms with Crippen molar-refractivity contribution in [2.75, 3.05) is 26.7 Å². The van der Waals surface area contributed by atoms with Gasteiger partial charge in [0.25, 0.3) is 0 Å². The molecule has 1 atom stereocenters. The zero-order valence-electron chi connectivity index (χ0n) is 14.5. The van der Waals surface area contributed by atoms with E-state index in [9.17, 15) is 13.2 Å². The summed E-state index contributed by atoms with van der Waals surface area (Å²) in [6.45, 7) is 3.95. The maximum atomic E-state index is 12.5. The molecule has 1 aliphatic heterocycles. The summed E-state index contributed by atoms with van der Waals surface area (Å²) in [7, 11) is -0.150. The van der Waals surface area contributed by atoms with Crippen molar-refractivity contribution in [2.45, 2.75) is 37.1 Å². The molecule has 0 spiro atoms. The van der Waals surface area contributed by atoms with E-state index in [0.29, 0.717) is 19.0 Å². The topological polar surface area (TPSA) is 96.3 Å². The van der Waals surface area contributed by atoms with Gasteiger partial charge < -0.3 is 10.2 Å². The second-order valence-corrected chi connectivity index (χ2v) is 8.07. The van der Waals surface area contributed by atoms with Crippen molar-refractivity contribution in [1.29, 1.82) is 0 Å². The Morgan fingerprint density at radius 1 is 1.42 bits per heavy atom. The highest BCUT2D eigenvalue weighted by Gasteiger charge is 2.29. The Morgan fingerprint density at radius 3 is 2.62 bits per heavy atom. The fourth-order valence-corrected chi connectivity index (χ4v) is 4.13. The lowest BCUT2D eigenvalue weighted by Gasteiger charge is -2.33. The number of rotatable bonds is 7. The van der Waals surface area contributed by atoms with E-state index in [0.717, 1.165) is 25.8 Å². The standard InChI is InChI=1S/C15H27N5O3S/c1-12(18-24(22,23)14-10-17-19(3)11-14)15(21)20-8-5-13(6-9-20)4-7-16-2/h10-13,16,18H,4-9H2,1-3H3. The molecule has 0 aromatic carbocycles. The summed E-state index contributed by atoms with van der Waals surface area (Å²) in [5.74, 6) is 0.457. The highest BCUT2D eigenvalue weighted by Crippen LogP contribution is 2.20. The summed E-state index contributed by atoms with van der Waals surface area (Å²) in [4.78, 5) is 14.3. The molecule has 24 heavy (non-hydrogen) atoms. The summed E-state index contributed by atoms with van der Waals surface area (Å²) in [6.07, 6.45) is 5.73. The van der Waals surface area contributed by atoms with E-state index in [1.165, 1.54) is 17.1 Å². The predicted octanol–water partition coefficient (Wildman–Crippen LogP) is -0.0650. The third-order valence-corrected chi connectivity index (χ3v) is 5.92. The number of sulfonamides is 1. The molecule has 2 N–H and O–H groups in total. The van der Waals surface area contributed by atoms with Gasteiger partial charge in [-0.2, -0.15) is 9.82 Å². The molecule has 0 aliphatic carbocycles. The van der Waals surface area contributed by atoms with Crippen LogP contribution < -0.4 is 10.0 Å². The minimum absolute atomic E-state index is 0.0652. The number of carbonyl (C=O) groups is 1. The normalized spacial score (nSPS) is 17.9. The fraction of sp³-hybridized carbons (Fsp3) is 0.733. The lowest BCUT2D eigenvalue weighted by Crippen LogP contribution is -2.49. The Balaban J connectivity index is 1.89. The molecule has 136 valence electrons. The molecular weight excluding hydrogens is 330 g/mol. The molecule has 8 nitrogen and oxygen atoms in total. The summed E-state index contributed by atoms with van der Waals surface area (Å²) < 4.78 is 28.4. The van der Waals surface area contributed by atoms with E-state index in [1.807, 2.05) is 7.05 Å². The predicted molar refractivity (Wildman–Crippen MR) is 90.8 cm³/mol. The van der Waals surface area contributed by atoms with Crippen LogP contribution in [0.5, 0.6) is 0 Å². The SMILES string of the molecule is CNCCC1CCN(C(=O)C(C)NS(=O)(=O)c2cnn(C)c2)CC1. The van der Waals surface area contributed by atoms with Crippen LogP contribution in [0.4, 0.5) is 0 Å². The molecule has 1 aromatic heterocycles. The molecule has 1 unspecified atom stereocenters. The first kappa shape index (κ1) is 18.9. The first-order valence-corrected chi connectivity index (χ1v) is 9.76. The number of aryl methyl sites for hydroxylation is 1. The number of likely N-dealkylation sites (tertiary alicyclic amines) is 1. The van der Waals surface area contributed by atoms with Gasteiger partial charge in [0, 0.05) is 26.3 Å². The second kappa shape index (κ2) is 8.09. The van der Waals surface area contributed by atoms with Gasteiger partial charge in [0.1, 0.15) is 4.90 Å². The van der Waals surface area contributed by atoms with E-state index >= 15 is 0 Å². The maximum Gasteiger partial charge on any atom is 0.244 e. The van der Waals surface area contributed by atoms with Gasteiger partial charge in [0.2, 0.25) is 15.9 Å². The van der Waals surface area contributed by atoms with Crippen LogP contribution in [0, 0.1) is 5.92 Å². The van der Waals surface area contributed by atoms with Crippen LogP contribution in [0.2, 0.25) is 0 Å². The van der Waals surface area contributed by atoms with E-state index in [4.69, 9.17) is 0 Å². The quantitative estimate of drug-likeness (QED) is 0.712. The Bertz CT molecular complexity index is 650. The second-order valence-electron chi connectivity index (χ2n) is 6.35. The van der Waals surface area contributed by atoms with Crippen molar-refractivity contribution in [2.24, 2.45) is 13.0 Å². The molecule has 1 fully saturated rings. The minimum atomic E-state index is -3.73. The summed E-state index contributed by atoms with van der Waals surface area (Å²) >= 11 is 0. The molecule has 9 heteroatoms. The number of hydrogen-bond donors (Lipinski definition) is 2. The highest BCUT2D eigenvalue weighted by atomic mass is 32.2. The Labute approximate surface area is 143 Å². The van der Waals surface area contributed by atoms with Gasteiger partial charge >= 0.3 is 0 Å². The number of carbonyl (C=O) groups excluding carboxylic acids is 1. The highest BCUT2D eigenvalue weighted by molar-refractivity contribution is 7.89. The van der Waals surface area contributed by atoms with Crippen LogP contribution >= 0.6 is 0 Å². The molecule has 0 bridgehead atoms. The zero-order valence-corrected chi connectivity index (χ0v) is 15.3. The largest absolute Gasteiger partial charge is 0.341 e. The minimum Gasteiger partial charge on any atom is -0.341 e. The van der Waals surface area contributed by atoms with Crippen molar-refractivity contribution < 1.29 is 13.2 Å². The summed E-state index contributed by atoms with van der Waals surface area (Å²) in [5, 5.41) is 7.00. The lowest BCUT2D eigenvalue weighted by atomic mass is 9.93. The van der Waals surface area contributed by atoms with E-state index in [-0.39, 0.29) is 10.8 Å². The lowest BCUT2D eigenvalue weighted by molar-refractivity contribution is -0.134. The first-order valence-electron chi connectivity index (χ1n) is 8.28. The molecule has 1 aromatic rings. The van der Waals surface area contributed by atoms with Crippen LogP contribution in [-0.2, 0) is 21.9 Å². The Hall–Kier alpha value is -1.45. The van der Waals surface area contributed by atoms with Crippen molar-refractivity contribution in [3.63, 3.8) is 0 Å². The zero-order chi connectivity index (χ0) is 17.7. The summed E-state index contributed by atoms with van der Waals surface area (Å²) in [5.41, 5.74) is 0. The average Bonchev–Trinajstić information content (AvgIpc) is 3.00. The third-order valence-electron chi connectivity index (χ3n) is 4.42. The number of aromatic nitrogens is 2. The van der Waals surface area contributed by atoms with Gasteiger partial charge in [-0.25, -0.2) is 8.42 Å². The van der Waals surface area contributed by atoms with Gasteiger partial charge in [-0.15, -0.1) is 0 Å². The van der Waals surface area contributed by atoms with Gasteiger partial charge in [-0.05, 0) is 45.7 Å². The van der Waals surface area contributed by atoms with Gasteiger partial charge in [0.15, 0.2) is 0 Å². The van der Waals surface area contributed by atoms with Crippen molar-refractivity contribution in [3.05, 3.63) is 12.4 Å². The molecule has 0 radical (unpaired) electrons. The van der Waals surface area contributed by atoms with Crippen LogP contribution in [-0.4, -0.2) is 61.7 Å². The van der Waals surface area contributed by atoms with Crippen LogP contribution in [0.25, 0.3) is 0 Å². The number of piperidine rings is 1. The van der Waals surface area contributed by atoms with Gasteiger partial charge in [0.05, 0.1) is 12.2 Å². The molecule has 1 aliphatic rings. The fourth-order valence-electron chi connectivity index (χ4n) is 2.95. The van der Waals surface area contributed by atoms with Gasteiger partial charge in [-0.1, -0.05) is 0 Å².